The fraction of sp³-hybridized carbons (Fsp3) is 0.400. The SMILES string of the molecule is CC(=O)N1CC2CNc3c(c4cc(Cl)c(-c5c(C)ccc6[nH]ncc56)c(F)c4n(-c4c(C(C)C)ncnc4C(C)C)c3=O)N2CC1C. The summed E-state index contributed by atoms with van der Waals surface area (Å²) >= 11 is 7.12. The summed E-state index contributed by atoms with van der Waals surface area (Å²) in [7, 11) is 0. The van der Waals surface area contributed by atoms with Crippen molar-refractivity contribution in [3.63, 3.8) is 0 Å². The minimum absolute atomic E-state index is 0.00254. The number of halogens is 2. The molecule has 2 unspecified atom stereocenters. The molecule has 244 valence electrons. The fourth-order valence-electron chi connectivity index (χ4n) is 7.44. The first-order valence-electron chi connectivity index (χ1n) is 16.1. The number of carbonyl (C=O) groups is 1. The molecule has 2 aliphatic heterocycles. The fourth-order valence-corrected chi connectivity index (χ4v) is 7.73. The van der Waals surface area contributed by atoms with E-state index in [1.165, 1.54) is 10.9 Å². The van der Waals surface area contributed by atoms with Crippen LogP contribution in [0.3, 0.4) is 0 Å². The summed E-state index contributed by atoms with van der Waals surface area (Å²) in [6.45, 7) is 14.9. The molecule has 2 aliphatic rings. The van der Waals surface area contributed by atoms with Crippen LogP contribution in [-0.2, 0) is 4.79 Å². The van der Waals surface area contributed by atoms with E-state index in [2.05, 4.69) is 30.4 Å². The van der Waals surface area contributed by atoms with Gasteiger partial charge in [0.1, 0.15) is 12.0 Å². The number of rotatable bonds is 4. The van der Waals surface area contributed by atoms with Crippen molar-refractivity contribution in [2.24, 2.45) is 0 Å². The molecule has 7 rings (SSSR count). The van der Waals surface area contributed by atoms with Crippen LogP contribution in [0.15, 0.2) is 35.5 Å². The summed E-state index contributed by atoms with van der Waals surface area (Å²) in [6.07, 6.45) is 3.18. The number of anilines is 2. The summed E-state index contributed by atoms with van der Waals surface area (Å²) in [5.74, 6) is -0.788. The number of piperazine rings is 1. The van der Waals surface area contributed by atoms with Gasteiger partial charge in [-0.05, 0) is 43.4 Å². The molecule has 0 bridgehead atoms. The lowest BCUT2D eigenvalue weighted by atomic mass is 9.93. The van der Waals surface area contributed by atoms with E-state index in [1.54, 1.807) is 19.2 Å². The number of benzene rings is 2. The Bertz CT molecular complexity index is 2130. The summed E-state index contributed by atoms with van der Waals surface area (Å²) in [5.41, 5.74) is 4.81. The number of aryl methyl sites for hydroxylation is 1. The molecule has 1 amide bonds. The first-order chi connectivity index (χ1) is 22.4. The van der Waals surface area contributed by atoms with Crippen molar-refractivity contribution in [3.8, 4) is 16.8 Å². The molecule has 1 saturated heterocycles. The zero-order valence-electron chi connectivity index (χ0n) is 27.6. The first kappa shape index (κ1) is 31.1. The Hall–Kier alpha value is -4.51. The van der Waals surface area contributed by atoms with Gasteiger partial charge in [0.05, 0.1) is 51.1 Å². The van der Waals surface area contributed by atoms with Crippen molar-refractivity contribution in [1.82, 2.24) is 29.6 Å². The number of H-pyrrole nitrogens is 1. The van der Waals surface area contributed by atoms with Gasteiger partial charge in [-0.25, -0.2) is 14.4 Å². The monoisotopic (exact) mass is 656 g/mol. The predicted molar refractivity (Wildman–Crippen MR) is 185 cm³/mol. The zero-order valence-corrected chi connectivity index (χ0v) is 28.3. The molecule has 0 radical (unpaired) electrons. The van der Waals surface area contributed by atoms with E-state index < -0.39 is 11.4 Å². The summed E-state index contributed by atoms with van der Waals surface area (Å²) in [5, 5.41) is 12.0. The van der Waals surface area contributed by atoms with Crippen LogP contribution in [0.1, 0.15) is 70.3 Å². The highest BCUT2D eigenvalue weighted by molar-refractivity contribution is 6.35. The van der Waals surface area contributed by atoms with Gasteiger partial charge in [0, 0.05) is 54.5 Å². The quantitative estimate of drug-likeness (QED) is 0.226. The Labute approximate surface area is 276 Å². The van der Waals surface area contributed by atoms with Gasteiger partial charge in [-0.1, -0.05) is 45.4 Å². The number of amides is 1. The Morgan fingerprint density at radius 3 is 2.40 bits per heavy atom. The summed E-state index contributed by atoms with van der Waals surface area (Å²) < 4.78 is 19.3. The third-order valence-corrected chi connectivity index (χ3v) is 9.95. The number of hydrogen-bond acceptors (Lipinski definition) is 7. The Kier molecular flexibility index (Phi) is 7.50. The van der Waals surface area contributed by atoms with Crippen LogP contribution in [0.25, 0.3) is 38.6 Å². The van der Waals surface area contributed by atoms with E-state index in [0.717, 1.165) is 16.5 Å². The van der Waals surface area contributed by atoms with Crippen LogP contribution >= 0.6 is 11.6 Å². The molecule has 12 heteroatoms. The molecular formula is C35H38ClFN8O2. The normalized spacial score (nSPS) is 17.9. The summed E-state index contributed by atoms with van der Waals surface area (Å²) in [4.78, 5) is 40.7. The number of carbonyl (C=O) groups excluding carboxylic acids is 1. The number of fused-ring (bicyclic) bond motifs is 6. The molecule has 5 heterocycles. The number of hydrogen-bond donors (Lipinski definition) is 2. The lowest BCUT2D eigenvalue weighted by molar-refractivity contribution is -0.131. The highest BCUT2D eigenvalue weighted by Gasteiger charge is 2.40. The van der Waals surface area contributed by atoms with E-state index in [4.69, 9.17) is 11.6 Å². The Morgan fingerprint density at radius 1 is 1.04 bits per heavy atom. The molecule has 1 fully saturated rings. The molecule has 5 aromatic rings. The zero-order chi connectivity index (χ0) is 33.5. The molecule has 0 spiro atoms. The minimum Gasteiger partial charge on any atom is -0.377 e. The number of nitrogens with one attached hydrogen (secondary N) is 2. The highest BCUT2D eigenvalue weighted by atomic mass is 35.5. The average Bonchev–Trinajstić information content (AvgIpc) is 3.50. The van der Waals surface area contributed by atoms with Crippen LogP contribution < -0.4 is 15.8 Å². The maximum atomic E-state index is 17.9. The van der Waals surface area contributed by atoms with Crippen LogP contribution in [0.4, 0.5) is 15.8 Å². The van der Waals surface area contributed by atoms with Gasteiger partial charge in [0.25, 0.3) is 5.56 Å². The average molecular weight is 657 g/mol. The van der Waals surface area contributed by atoms with Gasteiger partial charge in [-0.15, -0.1) is 0 Å². The molecule has 2 N–H and O–H groups in total. The second-order valence-electron chi connectivity index (χ2n) is 13.4. The molecule has 2 atom stereocenters. The number of pyridine rings is 1. The molecule has 0 aliphatic carbocycles. The summed E-state index contributed by atoms with van der Waals surface area (Å²) in [6, 6.07) is 5.35. The van der Waals surface area contributed by atoms with E-state index in [-0.39, 0.29) is 45.9 Å². The maximum absolute atomic E-state index is 17.9. The molecule has 2 aromatic carbocycles. The molecule has 0 saturated carbocycles. The van der Waals surface area contributed by atoms with Crippen LogP contribution in [-0.4, -0.2) is 67.3 Å². The molecular weight excluding hydrogens is 619 g/mol. The van der Waals surface area contributed by atoms with E-state index in [1.807, 2.05) is 58.6 Å². The third kappa shape index (κ3) is 4.69. The third-order valence-electron chi connectivity index (χ3n) is 9.65. The van der Waals surface area contributed by atoms with Gasteiger partial charge >= 0.3 is 0 Å². The Balaban J connectivity index is 1.65. The van der Waals surface area contributed by atoms with Crippen LogP contribution in [0.2, 0.25) is 5.02 Å². The van der Waals surface area contributed by atoms with Crippen LogP contribution in [0.5, 0.6) is 0 Å². The number of nitrogens with zero attached hydrogens (tertiary/aromatic N) is 6. The second kappa shape index (κ2) is 11.3. The second-order valence-corrected chi connectivity index (χ2v) is 13.8. The standard InChI is InChI=1S/C35H38ClFN8O2/c1-16(2)29-34(30(17(3)4)40-15-39-29)45-32-22(10-24(36)27(28(32)37)26-18(5)8-9-25-23(26)12-41-42-25)33-31(35(45)47)38-11-21-14-43(20(7)46)19(6)13-44(21)33/h8-10,12,15-17,19,21,38H,11,13-14H2,1-7H3,(H,41,42). The van der Waals surface area contributed by atoms with Crippen molar-refractivity contribution < 1.29 is 9.18 Å². The van der Waals surface area contributed by atoms with Gasteiger partial charge < -0.3 is 15.1 Å². The van der Waals surface area contributed by atoms with E-state index in [9.17, 15) is 9.59 Å². The maximum Gasteiger partial charge on any atom is 0.281 e. The topological polar surface area (TPSA) is 112 Å². The van der Waals surface area contributed by atoms with Gasteiger partial charge in [0.2, 0.25) is 5.91 Å². The van der Waals surface area contributed by atoms with Crippen molar-refractivity contribution in [2.75, 3.05) is 29.9 Å². The van der Waals surface area contributed by atoms with E-state index in [0.29, 0.717) is 59.0 Å². The first-order valence-corrected chi connectivity index (χ1v) is 16.4. The van der Waals surface area contributed by atoms with Gasteiger partial charge in [0.15, 0.2) is 5.82 Å². The Morgan fingerprint density at radius 2 is 1.74 bits per heavy atom. The van der Waals surface area contributed by atoms with Crippen LogP contribution in [0, 0.1) is 12.7 Å². The minimum atomic E-state index is -0.616. The van der Waals surface area contributed by atoms with Crippen molar-refractivity contribution in [3.05, 3.63) is 68.9 Å². The van der Waals surface area contributed by atoms with Gasteiger partial charge in [-0.2, -0.15) is 5.10 Å². The van der Waals surface area contributed by atoms with E-state index >= 15 is 4.39 Å². The largest absolute Gasteiger partial charge is 0.377 e. The lowest BCUT2D eigenvalue weighted by Gasteiger charge is -2.49. The molecule has 10 nitrogen and oxygen atoms in total. The van der Waals surface area contributed by atoms with Crippen molar-refractivity contribution in [2.45, 2.75) is 72.4 Å². The highest BCUT2D eigenvalue weighted by Crippen LogP contribution is 2.46. The van der Waals surface area contributed by atoms with Crippen molar-refractivity contribution >= 4 is 50.7 Å². The van der Waals surface area contributed by atoms with Gasteiger partial charge in [-0.3, -0.25) is 19.3 Å². The van der Waals surface area contributed by atoms with Crippen molar-refractivity contribution in [1.29, 1.82) is 0 Å². The lowest BCUT2D eigenvalue weighted by Crippen LogP contribution is -2.62. The molecule has 47 heavy (non-hydrogen) atoms. The number of aromatic nitrogens is 5. The molecule has 3 aromatic heterocycles. The number of aromatic amines is 1. The smallest absolute Gasteiger partial charge is 0.281 e. The predicted octanol–water partition coefficient (Wildman–Crippen LogP) is 6.52.